The Balaban J connectivity index is 1.38. The lowest BCUT2D eigenvalue weighted by atomic mass is 10.0. The number of hydrogen-bond donors (Lipinski definition) is 2. The van der Waals surface area contributed by atoms with Crippen LogP contribution in [0.15, 0.2) is 18.2 Å². The molecule has 0 radical (unpaired) electrons. The Hall–Kier alpha value is -2.86. The second kappa shape index (κ2) is 12.4. The molecule has 1 fully saturated rings. The molecule has 33 heavy (non-hydrogen) atoms. The van der Waals surface area contributed by atoms with Crippen LogP contribution >= 0.6 is 0 Å². The van der Waals surface area contributed by atoms with Crippen LogP contribution < -0.4 is 15.4 Å². The van der Waals surface area contributed by atoms with Gasteiger partial charge in [0.05, 0.1) is 50.8 Å². The smallest absolute Gasteiger partial charge is 0.262 e. The van der Waals surface area contributed by atoms with Crippen molar-refractivity contribution in [1.82, 2.24) is 15.5 Å². The summed E-state index contributed by atoms with van der Waals surface area (Å²) in [4.78, 5) is 49.9. The van der Waals surface area contributed by atoms with Crippen molar-refractivity contribution in [3.8, 4) is 5.75 Å². The highest BCUT2D eigenvalue weighted by Crippen LogP contribution is 2.30. The minimum atomic E-state index is -0.991. The van der Waals surface area contributed by atoms with Crippen LogP contribution in [0.25, 0.3) is 0 Å². The van der Waals surface area contributed by atoms with Gasteiger partial charge < -0.3 is 24.3 Å². The normalized spacial score (nSPS) is 18.0. The number of carbonyl (C=O) groups is 4. The molecule has 2 N–H and O–H groups in total. The van der Waals surface area contributed by atoms with Gasteiger partial charge in [-0.1, -0.05) is 0 Å². The fraction of sp³-hybridized carbons (Fsp3) is 0.545. The van der Waals surface area contributed by atoms with Crippen molar-refractivity contribution >= 4 is 23.6 Å². The molecule has 4 amide bonds. The molecule has 0 spiro atoms. The number of amides is 4. The van der Waals surface area contributed by atoms with Crippen molar-refractivity contribution in [2.75, 3.05) is 59.8 Å². The Bertz CT molecular complexity index is 875. The summed E-state index contributed by atoms with van der Waals surface area (Å²) in [5, 5.41) is 5.16. The Morgan fingerprint density at radius 2 is 1.55 bits per heavy atom. The average Bonchev–Trinajstić information content (AvgIpc) is 3.04. The molecule has 0 saturated carbocycles. The largest absolute Gasteiger partial charge is 0.491 e. The molecule has 1 aromatic carbocycles. The van der Waals surface area contributed by atoms with E-state index in [1.54, 1.807) is 6.07 Å². The van der Waals surface area contributed by atoms with Gasteiger partial charge >= 0.3 is 0 Å². The highest BCUT2D eigenvalue weighted by Gasteiger charge is 2.44. The van der Waals surface area contributed by atoms with Crippen molar-refractivity contribution in [1.29, 1.82) is 0 Å². The molecule has 3 rings (SSSR count). The molecule has 1 unspecified atom stereocenters. The van der Waals surface area contributed by atoms with Crippen molar-refractivity contribution in [3.63, 3.8) is 0 Å². The second-order valence-electron chi connectivity index (χ2n) is 7.44. The average molecular weight is 463 g/mol. The summed E-state index contributed by atoms with van der Waals surface area (Å²) >= 11 is 0. The maximum absolute atomic E-state index is 12.8. The Morgan fingerprint density at radius 1 is 0.909 bits per heavy atom. The maximum Gasteiger partial charge on any atom is 0.262 e. The van der Waals surface area contributed by atoms with Crippen LogP contribution in [-0.4, -0.2) is 94.4 Å². The van der Waals surface area contributed by atoms with Gasteiger partial charge in [0.25, 0.3) is 11.8 Å². The van der Waals surface area contributed by atoms with E-state index in [0.29, 0.717) is 45.4 Å². The molecular formula is C22H29N3O8. The predicted molar refractivity (Wildman–Crippen MR) is 115 cm³/mol. The summed E-state index contributed by atoms with van der Waals surface area (Å²) in [6.45, 7) is 3.92. The van der Waals surface area contributed by atoms with E-state index in [1.807, 2.05) is 7.05 Å². The third kappa shape index (κ3) is 6.57. The van der Waals surface area contributed by atoms with Crippen LogP contribution in [0, 0.1) is 0 Å². The number of carbonyl (C=O) groups excluding carboxylic acids is 4. The fourth-order valence-electron chi connectivity index (χ4n) is 3.47. The molecule has 180 valence electrons. The Morgan fingerprint density at radius 3 is 2.21 bits per heavy atom. The van der Waals surface area contributed by atoms with Crippen molar-refractivity contribution < 1.29 is 38.1 Å². The number of rotatable bonds is 14. The van der Waals surface area contributed by atoms with Gasteiger partial charge in [-0.15, -0.1) is 0 Å². The highest BCUT2D eigenvalue weighted by molar-refractivity contribution is 6.23. The molecule has 11 heteroatoms. The first kappa shape index (κ1) is 24.8. The van der Waals surface area contributed by atoms with Crippen molar-refractivity contribution in [2.24, 2.45) is 0 Å². The lowest BCUT2D eigenvalue weighted by Crippen LogP contribution is -2.54. The lowest BCUT2D eigenvalue weighted by molar-refractivity contribution is -0.136. The molecule has 0 aromatic heterocycles. The SMILES string of the molecule is CNCCOCCOCCOCCOc1ccc2c(c1)C(=O)N(C1CCC(=O)NC1=O)C2=O. The van der Waals surface area contributed by atoms with Crippen molar-refractivity contribution in [2.45, 2.75) is 18.9 Å². The summed E-state index contributed by atoms with van der Waals surface area (Å²) in [6.07, 6.45) is 0.192. The summed E-state index contributed by atoms with van der Waals surface area (Å²) in [7, 11) is 1.86. The molecule has 2 aliphatic rings. The third-order valence-corrected chi connectivity index (χ3v) is 5.15. The molecule has 2 heterocycles. The number of imide groups is 2. The molecule has 0 bridgehead atoms. The number of fused-ring (bicyclic) bond motifs is 1. The zero-order valence-corrected chi connectivity index (χ0v) is 18.6. The van der Waals surface area contributed by atoms with Gasteiger partial charge in [-0.05, 0) is 31.7 Å². The van der Waals surface area contributed by atoms with E-state index >= 15 is 0 Å². The second-order valence-corrected chi connectivity index (χ2v) is 7.44. The van der Waals surface area contributed by atoms with Gasteiger partial charge in [0.1, 0.15) is 18.4 Å². The van der Waals surface area contributed by atoms with E-state index in [-0.39, 0.29) is 30.6 Å². The summed E-state index contributed by atoms with van der Waals surface area (Å²) in [6, 6.07) is 3.59. The van der Waals surface area contributed by atoms with Crippen LogP contribution in [0.4, 0.5) is 0 Å². The fourth-order valence-corrected chi connectivity index (χ4v) is 3.47. The minimum Gasteiger partial charge on any atom is -0.491 e. The van der Waals surface area contributed by atoms with Gasteiger partial charge in [-0.3, -0.25) is 29.4 Å². The van der Waals surface area contributed by atoms with Crippen LogP contribution in [-0.2, 0) is 23.8 Å². The highest BCUT2D eigenvalue weighted by atomic mass is 16.6. The third-order valence-electron chi connectivity index (χ3n) is 5.15. The predicted octanol–water partition coefficient (Wildman–Crippen LogP) is -0.264. The number of benzene rings is 1. The van der Waals surface area contributed by atoms with E-state index < -0.39 is 29.7 Å². The molecule has 0 aliphatic carbocycles. The summed E-state index contributed by atoms with van der Waals surface area (Å²) < 4.78 is 21.8. The van der Waals surface area contributed by atoms with E-state index in [0.717, 1.165) is 11.4 Å². The van der Waals surface area contributed by atoms with E-state index in [4.69, 9.17) is 18.9 Å². The Kier molecular flexibility index (Phi) is 9.31. The quantitative estimate of drug-likeness (QED) is 0.283. The first-order valence-corrected chi connectivity index (χ1v) is 10.9. The van der Waals surface area contributed by atoms with Crippen LogP contribution in [0.2, 0.25) is 0 Å². The van der Waals surface area contributed by atoms with Gasteiger partial charge in [0.2, 0.25) is 11.8 Å². The van der Waals surface area contributed by atoms with Crippen molar-refractivity contribution in [3.05, 3.63) is 29.3 Å². The maximum atomic E-state index is 12.8. The summed E-state index contributed by atoms with van der Waals surface area (Å²) in [5.41, 5.74) is 0.383. The number of piperidine rings is 1. The first-order chi connectivity index (χ1) is 16.0. The molecule has 1 atom stereocenters. The zero-order valence-electron chi connectivity index (χ0n) is 18.6. The van der Waals surface area contributed by atoms with Gasteiger partial charge in [0, 0.05) is 13.0 Å². The number of hydrogen-bond acceptors (Lipinski definition) is 9. The molecular weight excluding hydrogens is 434 g/mol. The van der Waals surface area contributed by atoms with Crippen LogP contribution in [0.5, 0.6) is 5.75 Å². The molecule has 1 aromatic rings. The monoisotopic (exact) mass is 463 g/mol. The number of likely N-dealkylation sites (N-methyl/N-ethyl adjacent to an activating group) is 1. The lowest BCUT2D eigenvalue weighted by Gasteiger charge is -2.27. The number of nitrogens with zero attached hydrogens (tertiary/aromatic N) is 1. The van der Waals surface area contributed by atoms with E-state index in [2.05, 4.69) is 10.6 Å². The summed E-state index contributed by atoms with van der Waals surface area (Å²) in [5.74, 6) is -1.75. The van der Waals surface area contributed by atoms with E-state index in [9.17, 15) is 19.2 Å². The molecule has 11 nitrogen and oxygen atoms in total. The van der Waals surface area contributed by atoms with Crippen LogP contribution in [0.3, 0.4) is 0 Å². The van der Waals surface area contributed by atoms with Crippen LogP contribution in [0.1, 0.15) is 33.6 Å². The first-order valence-electron chi connectivity index (χ1n) is 10.9. The number of nitrogens with one attached hydrogen (secondary N) is 2. The van der Waals surface area contributed by atoms with E-state index in [1.165, 1.54) is 12.1 Å². The minimum absolute atomic E-state index is 0.0770. The molecule has 2 aliphatic heterocycles. The number of ether oxygens (including phenoxy) is 4. The Labute approximate surface area is 191 Å². The topological polar surface area (TPSA) is 132 Å². The zero-order chi connectivity index (χ0) is 23.6. The standard InChI is InChI=1S/C22H29N3O8/c1-23-6-7-30-8-9-31-10-11-32-12-13-33-15-2-3-16-17(14-15)22(29)25(21(16)28)18-4-5-19(26)24-20(18)27/h2-3,14,18,23H,4-13H2,1H3,(H,24,26,27). The van der Waals surface area contributed by atoms with Gasteiger partial charge in [-0.2, -0.15) is 0 Å². The van der Waals surface area contributed by atoms with Gasteiger partial charge in [-0.25, -0.2) is 0 Å². The van der Waals surface area contributed by atoms with Gasteiger partial charge in [0.15, 0.2) is 0 Å². The molecule has 1 saturated heterocycles.